The summed E-state index contributed by atoms with van der Waals surface area (Å²) in [5.74, 6) is -0.824. The predicted molar refractivity (Wildman–Crippen MR) is 77.9 cm³/mol. The molecule has 0 aromatic carbocycles. The molecule has 0 amide bonds. The summed E-state index contributed by atoms with van der Waals surface area (Å²) < 4.78 is 0.717. The minimum absolute atomic E-state index is 0.0821. The highest BCUT2D eigenvalue weighted by molar-refractivity contribution is 7.16. The molecule has 0 unspecified atom stereocenters. The number of Topliss-reactive ketones (excluding diaryl/α,β-unsaturated/α-hetero) is 1. The third kappa shape index (κ3) is 3.63. The monoisotopic (exact) mass is 310 g/mol. The van der Waals surface area contributed by atoms with Crippen molar-refractivity contribution in [3.8, 4) is 6.07 Å². The smallest absolute Gasteiger partial charge is 0.157 e. The molecule has 0 fully saturated rings. The second kappa shape index (κ2) is 6.29. The van der Waals surface area contributed by atoms with Gasteiger partial charge in [-0.3, -0.25) is 4.79 Å². The molecule has 0 saturated carbocycles. The first-order chi connectivity index (χ1) is 9.10. The highest BCUT2D eigenvalue weighted by Gasteiger charge is 2.22. The molecule has 0 aliphatic carbocycles. The first-order valence-corrected chi connectivity index (χ1v) is 7.76. The van der Waals surface area contributed by atoms with Gasteiger partial charge in [0.2, 0.25) is 0 Å². The minimum Gasteiger partial charge on any atom is -0.298 e. The first kappa shape index (κ1) is 14.2. The van der Waals surface area contributed by atoms with Gasteiger partial charge < -0.3 is 0 Å². The van der Waals surface area contributed by atoms with E-state index in [9.17, 15) is 4.79 Å². The van der Waals surface area contributed by atoms with Crippen molar-refractivity contribution in [1.82, 2.24) is 4.98 Å². The summed E-state index contributed by atoms with van der Waals surface area (Å²) in [6.45, 7) is 1.85. The average molecular weight is 311 g/mol. The van der Waals surface area contributed by atoms with Crippen molar-refractivity contribution in [3.05, 3.63) is 37.4 Å². The summed E-state index contributed by atoms with van der Waals surface area (Å²) in [7, 11) is 0. The zero-order chi connectivity index (χ0) is 13.8. The number of hydrogen-bond acceptors (Lipinski definition) is 5. The van der Waals surface area contributed by atoms with E-state index in [1.54, 1.807) is 0 Å². The lowest BCUT2D eigenvalue weighted by Gasteiger charge is -2.04. The molecule has 19 heavy (non-hydrogen) atoms. The van der Waals surface area contributed by atoms with Crippen LogP contribution in [0.5, 0.6) is 0 Å². The molecule has 0 aliphatic heterocycles. The van der Waals surface area contributed by atoms with Gasteiger partial charge in [-0.25, -0.2) is 4.98 Å². The van der Waals surface area contributed by atoms with Crippen LogP contribution < -0.4 is 0 Å². The van der Waals surface area contributed by atoms with Crippen LogP contribution >= 0.6 is 34.3 Å². The third-order valence-corrected chi connectivity index (χ3v) is 4.90. The van der Waals surface area contributed by atoms with Gasteiger partial charge in [0.1, 0.15) is 5.01 Å². The van der Waals surface area contributed by atoms with E-state index < -0.39 is 5.92 Å². The fourth-order valence-corrected chi connectivity index (χ4v) is 3.59. The fourth-order valence-electron chi connectivity index (χ4n) is 1.65. The lowest BCUT2D eigenvalue weighted by molar-refractivity contribution is -0.119. The SMILES string of the molecule is Cc1csc([C@H](C#N)C(=O)CCc2ccc(Cl)s2)n1. The Morgan fingerprint density at radius 2 is 2.37 bits per heavy atom. The molecule has 0 N–H and O–H groups in total. The Labute approximate surface area is 124 Å². The molecular weight excluding hydrogens is 300 g/mol. The molecular formula is C13H11ClN2OS2. The van der Waals surface area contributed by atoms with Gasteiger partial charge in [-0.1, -0.05) is 11.6 Å². The van der Waals surface area contributed by atoms with Crippen molar-refractivity contribution in [2.75, 3.05) is 0 Å². The fraction of sp³-hybridized carbons (Fsp3) is 0.308. The zero-order valence-electron chi connectivity index (χ0n) is 10.2. The van der Waals surface area contributed by atoms with Gasteiger partial charge in [-0.05, 0) is 25.5 Å². The quantitative estimate of drug-likeness (QED) is 0.839. The Kier molecular flexibility index (Phi) is 4.70. The molecule has 1 atom stereocenters. The van der Waals surface area contributed by atoms with Crippen LogP contribution in [0.25, 0.3) is 0 Å². The van der Waals surface area contributed by atoms with Crippen LogP contribution in [-0.4, -0.2) is 10.8 Å². The number of aromatic nitrogens is 1. The Hall–Kier alpha value is -1.22. The van der Waals surface area contributed by atoms with Gasteiger partial charge in [0, 0.05) is 22.4 Å². The molecule has 0 saturated heterocycles. The van der Waals surface area contributed by atoms with E-state index in [1.807, 2.05) is 30.5 Å². The summed E-state index contributed by atoms with van der Waals surface area (Å²) in [6, 6.07) is 5.78. The number of carbonyl (C=O) groups is 1. The van der Waals surface area contributed by atoms with Crippen molar-refractivity contribution in [2.24, 2.45) is 0 Å². The highest BCUT2D eigenvalue weighted by atomic mass is 35.5. The van der Waals surface area contributed by atoms with Crippen molar-refractivity contribution in [1.29, 1.82) is 5.26 Å². The number of thiazole rings is 1. The van der Waals surface area contributed by atoms with Crippen LogP contribution in [0.4, 0.5) is 0 Å². The number of thiophene rings is 1. The topological polar surface area (TPSA) is 53.8 Å². The number of ketones is 1. The van der Waals surface area contributed by atoms with E-state index in [1.165, 1.54) is 22.7 Å². The second-order valence-electron chi connectivity index (χ2n) is 4.06. The molecule has 0 radical (unpaired) electrons. The molecule has 0 aliphatic rings. The van der Waals surface area contributed by atoms with Crippen molar-refractivity contribution >= 4 is 40.1 Å². The summed E-state index contributed by atoms with van der Waals surface area (Å²) in [6.07, 6.45) is 0.965. The lowest BCUT2D eigenvalue weighted by atomic mass is 10.0. The normalized spacial score (nSPS) is 12.1. The Balaban J connectivity index is 2.00. The zero-order valence-corrected chi connectivity index (χ0v) is 12.6. The number of nitriles is 1. The third-order valence-electron chi connectivity index (χ3n) is 2.58. The summed E-state index contributed by atoms with van der Waals surface area (Å²) in [4.78, 5) is 17.4. The maximum atomic E-state index is 12.1. The number of carbonyl (C=O) groups excluding carboxylic acids is 1. The van der Waals surface area contributed by atoms with Crippen LogP contribution in [0.15, 0.2) is 17.5 Å². The number of hydrogen-bond donors (Lipinski definition) is 0. The molecule has 0 bridgehead atoms. The summed E-state index contributed by atoms with van der Waals surface area (Å²) in [5, 5.41) is 11.6. The largest absolute Gasteiger partial charge is 0.298 e. The number of nitrogens with zero attached hydrogens (tertiary/aromatic N) is 2. The van der Waals surface area contributed by atoms with E-state index in [0.717, 1.165) is 14.9 Å². The molecule has 98 valence electrons. The van der Waals surface area contributed by atoms with Crippen LogP contribution in [0.3, 0.4) is 0 Å². The summed E-state index contributed by atoms with van der Waals surface area (Å²) >= 11 is 8.67. The van der Waals surface area contributed by atoms with E-state index in [4.69, 9.17) is 16.9 Å². The molecule has 2 aromatic rings. The van der Waals surface area contributed by atoms with E-state index >= 15 is 0 Å². The van der Waals surface area contributed by atoms with Crippen molar-refractivity contribution in [2.45, 2.75) is 25.7 Å². The highest BCUT2D eigenvalue weighted by Crippen LogP contribution is 2.25. The van der Waals surface area contributed by atoms with Crippen LogP contribution in [0.1, 0.15) is 27.9 Å². The minimum atomic E-state index is -0.742. The maximum absolute atomic E-state index is 12.1. The number of aryl methyl sites for hydroxylation is 2. The van der Waals surface area contributed by atoms with E-state index in [2.05, 4.69) is 4.98 Å². The first-order valence-electron chi connectivity index (χ1n) is 5.68. The van der Waals surface area contributed by atoms with Crippen LogP contribution in [0, 0.1) is 18.3 Å². The van der Waals surface area contributed by atoms with E-state index in [-0.39, 0.29) is 5.78 Å². The van der Waals surface area contributed by atoms with Gasteiger partial charge in [0.15, 0.2) is 11.7 Å². The van der Waals surface area contributed by atoms with Gasteiger partial charge >= 0.3 is 0 Å². The Morgan fingerprint density at radius 1 is 1.58 bits per heavy atom. The van der Waals surface area contributed by atoms with Gasteiger partial charge in [-0.2, -0.15) is 5.26 Å². The molecule has 6 heteroatoms. The molecule has 0 spiro atoms. The van der Waals surface area contributed by atoms with Gasteiger partial charge in [0.05, 0.1) is 10.4 Å². The summed E-state index contributed by atoms with van der Waals surface area (Å²) in [5.41, 5.74) is 0.845. The number of rotatable bonds is 5. The Bertz CT molecular complexity index is 627. The molecule has 2 heterocycles. The maximum Gasteiger partial charge on any atom is 0.157 e. The van der Waals surface area contributed by atoms with Gasteiger partial charge in [0.25, 0.3) is 0 Å². The van der Waals surface area contributed by atoms with Crippen molar-refractivity contribution in [3.63, 3.8) is 0 Å². The molecule has 2 aromatic heterocycles. The van der Waals surface area contributed by atoms with Crippen LogP contribution in [0.2, 0.25) is 4.34 Å². The molecule has 2 rings (SSSR count). The van der Waals surface area contributed by atoms with Crippen LogP contribution in [-0.2, 0) is 11.2 Å². The van der Waals surface area contributed by atoms with Crippen molar-refractivity contribution < 1.29 is 4.79 Å². The average Bonchev–Trinajstić information content (AvgIpc) is 2.97. The standard InChI is InChI=1S/C13H11ClN2OS2/c1-8-7-18-13(16-8)10(6-15)11(17)4-2-9-3-5-12(14)19-9/h3,5,7,10H,2,4H2,1H3/t10-/m1/s1. The Morgan fingerprint density at radius 3 is 2.89 bits per heavy atom. The number of halogens is 1. The lowest BCUT2D eigenvalue weighted by Crippen LogP contribution is -2.11. The molecule has 3 nitrogen and oxygen atoms in total. The predicted octanol–water partition coefficient (Wildman–Crippen LogP) is 3.98. The van der Waals surface area contributed by atoms with Gasteiger partial charge in [-0.15, -0.1) is 22.7 Å². The second-order valence-corrected chi connectivity index (χ2v) is 6.75. The van der Waals surface area contributed by atoms with E-state index in [0.29, 0.717) is 17.8 Å².